The minimum absolute atomic E-state index is 0.214. The van der Waals surface area contributed by atoms with E-state index in [1.54, 1.807) is 32.1 Å². The number of benzene rings is 2. The maximum atomic E-state index is 11.7. The van der Waals surface area contributed by atoms with Gasteiger partial charge in [0.15, 0.2) is 16.6 Å². The molecule has 7 heteroatoms. The van der Waals surface area contributed by atoms with Crippen molar-refractivity contribution in [3.8, 4) is 11.5 Å². The topological polar surface area (TPSA) is 59.6 Å². The monoisotopic (exact) mass is 372 g/mol. The zero-order chi connectivity index (χ0) is 17.8. The third-order valence-electron chi connectivity index (χ3n) is 3.50. The molecule has 128 valence electrons. The van der Waals surface area contributed by atoms with E-state index in [9.17, 15) is 4.79 Å². The molecule has 1 fully saturated rings. The highest BCUT2D eigenvalue weighted by molar-refractivity contribution is 7.99. The van der Waals surface area contributed by atoms with Gasteiger partial charge in [-0.1, -0.05) is 23.9 Å². The highest BCUT2D eigenvalue weighted by Crippen LogP contribution is 2.35. The molecule has 3 rings (SSSR count). The van der Waals surface area contributed by atoms with Gasteiger partial charge in [-0.25, -0.2) is 0 Å². The van der Waals surface area contributed by atoms with Crippen LogP contribution in [0.1, 0.15) is 5.56 Å². The van der Waals surface area contributed by atoms with E-state index in [4.69, 9.17) is 21.7 Å². The number of rotatable bonds is 5. The summed E-state index contributed by atoms with van der Waals surface area (Å²) in [7, 11) is 3.23. The molecule has 0 aliphatic carbocycles. The summed E-state index contributed by atoms with van der Waals surface area (Å²) in [5, 5.41) is 5.70. The third-order valence-corrected chi connectivity index (χ3v) is 4.70. The largest absolute Gasteiger partial charge is 0.493 e. The second kappa shape index (κ2) is 7.58. The minimum atomic E-state index is -0.214. The Labute approximate surface area is 155 Å². The van der Waals surface area contributed by atoms with Gasteiger partial charge < -0.3 is 14.8 Å². The van der Waals surface area contributed by atoms with Crippen molar-refractivity contribution in [2.45, 2.75) is 9.79 Å². The Morgan fingerprint density at radius 1 is 0.960 bits per heavy atom. The lowest BCUT2D eigenvalue weighted by Crippen LogP contribution is -2.21. The Balaban J connectivity index is 1.74. The van der Waals surface area contributed by atoms with Crippen LogP contribution in [0.5, 0.6) is 11.5 Å². The van der Waals surface area contributed by atoms with E-state index in [1.165, 1.54) is 0 Å². The van der Waals surface area contributed by atoms with Gasteiger partial charge in [0.25, 0.3) is 5.91 Å². The van der Waals surface area contributed by atoms with Gasteiger partial charge in [-0.3, -0.25) is 10.1 Å². The molecule has 2 aromatic rings. The molecule has 1 heterocycles. The van der Waals surface area contributed by atoms with E-state index in [1.807, 2.05) is 42.5 Å². The Bertz CT molecular complexity index is 848. The number of carbonyl (C=O) groups excluding carboxylic acids is 1. The summed E-state index contributed by atoms with van der Waals surface area (Å²) in [5.74, 6) is 1.19. The van der Waals surface area contributed by atoms with E-state index in [0.29, 0.717) is 22.3 Å². The molecule has 1 aliphatic rings. The zero-order valence-electron chi connectivity index (χ0n) is 13.7. The maximum absolute atomic E-state index is 11.7. The molecular formula is C18H16N2O3S2. The lowest BCUT2D eigenvalue weighted by molar-refractivity contribution is -0.115. The number of methoxy groups -OCH3 is 2. The lowest BCUT2D eigenvalue weighted by Gasteiger charge is -2.09. The van der Waals surface area contributed by atoms with Crippen LogP contribution in [0.25, 0.3) is 6.08 Å². The standard InChI is InChI=1S/C18H16N2O3S2/c1-22-15-8-7-13(10-16(15)23-2)25-12-5-3-11(4-6-12)9-14-17(21)20-18(24)19-14/h3-10H,1-2H3,(H2,19,20,21,24). The van der Waals surface area contributed by atoms with Gasteiger partial charge >= 0.3 is 0 Å². The summed E-state index contributed by atoms with van der Waals surface area (Å²) in [6.07, 6.45) is 1.76. The second-order valence-corrected chi connectivity index (χ2v) is 6.71. The summed E-state index contributed by atoms with van der Waals surface area (Å²) in [6, 6.07) is 13.7. The molecule has 0 saturated carbocycles. The molecule has 5 nitrogen and oxygen atoms in total. The van der Waals surface area contributed by atoms with Gasteiger partial charge in [0.1, 0.15) is 5.70 Å². The number of ether oxygens (including phenoxy) is 2. The van der Waals surface area contributed by atoms with Crippen LogP contribution in [0.3, 0.4) is 0 Å². The second-order valence-electron chi connectivity index (χ2n) is 5.15. The van der Waals surface area contributed by atoms with Crippen LogP contribution in [0, 0.1) is 0 Å². The maximum Gasteiger partial charge on any atom is 0.273 e. The molecule has 0 spiro atoms. The summed E-state index contributed by atoms with van der Waals surface area (Å²) in [6.45, 7) is 0. The van der Waals surface area contributed by atoms with E-state index >= 15 is 0 Å². The number of nitrogens with one attached hydrogen (secondary N) is 2. The van der Waals surface area contributed by atoms with Crippen LogP contribution in [-0.4, -0.2) is 25.2 Å². The van der Waals surface area contributed by atoms with E-state index < -0.39 is 0 Å². The van der Waals surface area contributed by atoms with Gasteiger partial charge in [-0.2, -0.15) is 0 Å². The lowest BCUT2D eigenvalue weighted by atomic mass is 10.2. The van der Waals surface area contributed by atoms with Crippen molar-refractivity contribution in [1.82, 2.24) is 10.6 Å². The summed E-state index contributed by atoms with van der Waals surface area (Å²) in [5.41, 5.74) is 1.37. The zero-order valence-corrected chi connectivity index (χ0v) is 15.3. The van der Waals surface area contributed by atoms with Crippen LogP contribution in [-0.2, 0) is 4.79 Å². The predicted octanol–water partition coefficient (Wildman–Crippen LogP) is 3.20. The molecule has 0 radical (unpaired) electrons. The molecule has 0 unspecified atom stereocenters. The first-order chi connectivity index (χ1) is 12.1. The SMILES string of the molecule is COc1ccc(Sc2ccc(C=C3NC(=S)NC3=O)cc2)cc1OC. The van der Waals surface area contributed by atoms with Gasteiger partial charge in [-0.15, -0.1) is 0 Å². The van der Waals surface area contributed by atoms with E-state index in [-0.39, 0.29) is 5.91 Å². The van der Waals surface area contributed by atoms with E-state index in [2.05, 4.69) is 10.6 Å². The molecule has 2 N–H and O–H groups in total. The van der Waals surface area contributed by atoms with Crippen LogP contribution in [0.15, 0.2) is 58.0 Å². The first kappa shape index (κ1) is 17.3. The fourth-order valence-corrected chi connectivity index (χ4v) is 3.35. The molecule has 0 bridgehead atoms. The Hall–Kier alpha value is -2.51. The van der Waals surface area contributed by atoms with Crippen molar-refractivity contribution in [2.24, 2.45) is 0 Å². The predicted molar refractivity (Wildman–Crippen MR) is 102 cm³/mol. The van der Waals surface area contributed by atoms with Crippen LogP contribution in [0.4, 0.5) is 0 Å². The summed E-state index contributed by atoms with van der Waals surface area (Å²) in [4.78, 5) is 13.8. The Morgan fingerprint density at radius 2 is 1.64 bits per heavy atom. The van der Waals surface area contributed by atoms with Crippen molar-refractivity contribution < 1.29 is 14.3 Å². The first-order valence-electron chi connectivity index (χ1n) is 7.43. The molecule has 25 heavy (non-hydrogen) atoms. The Morgan fingerprint density at radius 3 is 2.24 bits per heavy atom. The van der Waals surface area contributed by atoms with Gasteiger partial charge in [0, 0.05) is 9.79 Å². The number of carbonyl (C=O) groups is 1. The average molecular weight is 372 g/mol. The average Bonchev–Trinajstić information content (AvgIpc) is 2.93. The summed E-state index contributed by atoms with van der Waals surface area (Å²) >= 11 is 6.53. The number of amides is 1. The smallest absolute Gasteiger partial charge is 0.273 e. The van der Waals surface area contributed by atoms with Crippen molar-refractivity contribution in [3.05, 3.63) is 53.7 Å². The fraction of sp³-hybridized carbons (Fsp3) is 0.111. The van der Waals surface area contributed by atoms with Gasteiger partial charge in [0.2, 0.25) is 0 Å². The van der Waals surface area contributed by atoms with Crippen LogP contribution < -0.4 is 20.1 Å². The highest BCUT2D eigenvalue weighted by atomic mass is 32.2. The Kier molecular flexibility index (Phi) is 5.25. The van der Waals surface area contributed by atoms with Gasteiger partial charge in [-0.05, 0) is 54.2 Å². The van der Waals surface area contributed by atoms with Crippen molar-refractivity contribution in [3.63, 3.8) is 0 Å². The van der Waals surface area contributed by atoms with Crippen molar-refractivity contribution in [2.75, 3.05) is 14.2 Å². The van der Waals surface area contributed by atoms with Crippen molar-refractivity contribution in [1.29, 1.82) is 0 Å². The highest BCUT2D eigenvalue weighted by Gasteiger charge is 2.19. The molecule has 0 atom stereocenters. The quantitative estimate of drug-likeness (QED) is 0.621. The molecular weight excluding hydrogens is 356 g/mol. The van der Waals surface area contributed by atoms with Crippen molar-refractivity contribution >= 4 is 41.1 Å². The third kappa shape index (κ3) is 4.12. The molecule has 1 saturated heterocycles. The molecule has 0 aromatic heterocycles. The van der Waals surface area contributed by atoms with Crippen LogP contribution in [0.2, 0.25) is 0 Å². The van der Waals surface area contributed by atoms with Gasteiger partial charge in [0.05, 0.1) is 14.2 Å². The van der Waals surface area contributed by atoms with Crippen LogP contribution >= 0.6 is 24.0 Å². The molecule has 1 amide bonds. The normalized spacial score (nSPS) is 15.0. The van der Waals surface area contributed by atoms with E-state index in [0.717, 1.165) is 15.4 Å². The number of hydrogen-bond acceptors (Lipinski definition) is 5. The fourth-order valence-electron chi connectivity index (χ4n) is 2.30. The first-order valence-corrected chi connectivity index (χ1v) is 8.65. The summed E-state index contributed by atoms with van der Waals surface area (Å²) < 4.78 is 10.6. The molecule has 2 aromatic carbocycles. The molecule has 1 aliphatic heterocycles. The number of thiocarbonyl (C=S) groups is 1. The minimum Gasteiger partial charge on any atom is -0.493 e. The number of hydrogen-bond donors (Lipinski definition) is 2.